The highest BCUT2D eigenvalue weighted by atomic mass is 32.2. The predicted molar refractivity (Wildman–Crippen MR) is 99.6 cm³/mol. The van der Waals surface area contributed by atoms with Gasteiger partial charge in [0, 0.05) is 24.7 Å². The minimum absolute atomic E-state index is 0.00239. The van der Waals surface area contributed by atoms with E-state index in [0.29, 0.717) is 18.0 Å². The molecule has 0 saturated carbocycles. The van der Waals surface area contributed by atoms with Crippen LogP contribution >= 0.6 is 0 Å². The average Bonchev–Trinajstić information content (AvgIpc) is 2.55. The summed E-state index contributed by atoms with van der Waals surface area (Å²) in [7, 11) is -3.43. The fraction of sp³-hybridized carbons (Fsp3) is 0.611. The van der Waals surface area contributed by atoms with Gasteiger partial charge in [-0.25, -0.2) is 8.42 Å². The van der Waals surface area contributed by atoms with Crippen molar-refractivity contribution in [3.63, 3.8) is 0 Å². The first-order valence-corrected chi connectivity index (χ1v) is 10.3. The molecular weight excluding hydrogens is 338 g/mol. The maximum absolute atomic E-state index is 12.5. The van der Waals surface area contributed by atoms with Crippen LogP contribution < -0.4 is 10.6 Å². The molecule has 0 spiro atoms. The minimum Gasteiger partial charge on any atom is -0.349 e. The maximum atomic E-state index is 12.5. The van der Waals surface area contributed by atoms with Crippen molar-refractivity contribution in [3.05, 3.63) is 29.8 Å². The zero-order valence-corrected chi connectivity index (χ0v) is 16.9. The standard InChI is InChI=1S/C18H31N3O3S/c1-7-21(8-2)25(23,24)17-11-9-16(10-12-17)14(5)20-15(6)18(22)19-13(3)4/h9-15,20H,7-8H2,1-6H3,(H,19,22)/p+1/t14-,15+/m0/s1. The Morgan fingerprint density at radius 1 is 1.08 bits per heavy atom. The Kier molecular flexibility index (Phi) is 8.05. The zero-order chi connectivity index (χ0) is 19.2. The second-order valence-electron chi connectivity index (χ2n) is 6.59. The van der Waals surface area contributed by atoms with Gasteiger partial charge >= 0.3 is 0 Å². The lowest BCUT2D eigenvalue weighted by molar-refractivity contribution is -0.710. The lowest BCUT2D eigenvalue weighted by Crippen LogP contribution is -2.92. The number of quaternary nitrogens is 1. The highest BCUT2D eigenvalue weighted by Gasteiger charge is 2.23. The van der Waals surface area contributed by atoms with Gasteiger partial charge in [-0.15, -0.1) is 0 Å². The van der Waals surface area contributed by atoms with Crippen molar-refractivity contribution < 1.29 is 18.5 Å². The van der Waals surface area contributed by atoms with Crippen LogP contribution in [0.1, 0.15) is 53.1 Å². The van der Waals surface area contributed by atoms with Crippen LogP contribution in [0.25, 0.3) is 0 Å². The van der Waals surface area contributed by atoms with E-state index in [0.717, 1.165) is 5.56 Å². The second kappa shape index (κ2) is 9.31. The molecule has 0 aliphatic rings. The third-order valence-electron chi connectivity index (χ3n) is 4.17. The summed E-state index contributed by atoms with van der Waals surface area (Å²) in [4.78, 5) is 12.3. The molecule has 0 fully saturated rings. The molecule has 0 aromatic heterocycles. The Hall–Kier alpha value is -1.44. The molecule has 25 heavy (non-hydrogen) atoms. The highest BCUT2D eigenvalue weighted by Crippen LogP contribution is 2.18. The molecule has 2 atom stereocenters. The van der Waals surface area contributed by atoms with E-state index in [1.807, 2.05) is 59.0 Å². The third kappa shape index (κ3) is 5.80. The van der Waals surface area contributed by atoms with E-state index in [1.165, 1.54) is 4.31 Å². The van der Waals surface area contributed by atoms with Crippen molar-refractivity contribution in [2.45, 2.75) is 64.6 Å². The zero-order valence-electron chi connectivity index (χ0n) is 16.1. The molecule has 0 heterocycles. The van der Waals surface area contributed by atoms with E-state index in [2.05, 4.69) is 5.32 Å². The number of carbonyl (C=O) groups is 1. The average molecular weight is 371 g/mol. The molecule has 0 aliphatic heterocycles. The summed E-state index contributed by atoms with van der Waals surface area (Å²) in [6.45, 7) is 12.3. The van der Waals surface area contributed by atoms with Crippen molar-refractivity contribution in [2.75, 3.05) is 13.1 Å². The minimum atomic E-state index is -3.43. The van der Waals surface area contributed by atoms with Gasteiger partial charge in [0.05, 0.1) is 4.90 Å². The molecule has 0 saturated heterocycles. The normalized spacial score (nSPS) is 14.6. The number of amides is 1. The molecule has 0 bridgehead atoms. The first-order chi connectivity index (χ1) is 11.6. The first-order valence-electron chi connectivity index (χ1n) is 8.88. The van der Waals surface area contributed by atoms with Crippen molar-refractivity contribution in [3.8, 4) is 0 Å². The monoisotopic (exact) mass is 370 g/mol. The molecule has 7 heteroatoms. The van der Waals surface area contributed by atoms with Crippen molar-refractivity contribution in [1.82, 2.24) is 9.62 Å². The van der Waals surface area contributed by atoms with Crippen LogP contribution in [0.2, 0.25) is 0 Å². The summed E-state index contributed by atoms with van der Waals surface area (Å²) in [6, 6.07) is 6.89. The smallest absolute Gasteiger partial charge is 0.278 e. The van der Waals surface area contributed by atoms with E-state index < -0.39 is 10.0 Å². The van der Waals surface area contributed by atoms with Gasteiger partial charge in [0.15, 0.2) is 6.04 Å². The molecule has 0 radical (unpaired) electrons. The quantitative estimate of drug-likeness (QED) is 0.686. The number of rotatable bonds is 9. The molecule has 3 N–H and O–H groups in total. The van der Waals surface area contributed by atoms with E-state index in [-0.39, 0.29) is 24.0 Å². The fourth-order valence-corrected chi connectivity index (χ4v) is 4.16. The molecule has 1 rings (SSSR count). The molecule has 142 valence electrons. The van der Waals surface area contributed by atoms with Crippen LogP contribution in [0, 0.1) is 0 Å². The molecule has 1 aromatic carbocycles. The van der Waals surface area contributed by atoms with Crippen LogP contribution in [-0.2, 0) is 14.8 Å². The van der Waals surface area contributed by atoms with Gasteiger partial charge in [-0.3, -0.25) is 4.79 Å². The summed E-state index contributed by atoms with van der Waals surface area (Å²) in [5.41, 5.74) is 0.989. The number of hydrogen-bond acceptors (Lipinski definition) is 3. The molecular formula is C18H32N3O3S+. The molecule has 6 nitrogen and oxygen atoms in total. The lowest BCUT2D eigenvalue weighted by atomic mass is 10.1. The summed E-state index contributed by atoms with van der Waals surface area (Å²) in [5, 5.41) is 4.88. The summed E-state index contributed by atoms with van der Waals surface area (Å²) in [6.07, 6.45) is 0. The van der Waals surface area contributed by atoms with Crippen LogP contribution in [-0.4, -0.2) is 43.8 Å². The van der Waals surface area contributed by atoms with Gasteiger partial charge in [0.2, 0.25) is 10.0 Å². The fourth-order valence-electron chi connectivity index (χ4n) is 2.70. The van der Waals surface area contributed by atoms with Gasteiger partial charge in [0.1, 0.15) is 6.04 Å². The number of hydrogen-bond donors (Lipinski definition) is 2. The topological polar surface area (TPSA) is 83.1 Å². The van der Waals surface area contributed by atoms with Gasteiger partial charge in [0.25, 0.3) is 5.91 Å². The number of nitrogens with zero attached hydrogens (tertiary/aromatic N) is 1. The Labute approximate surface area is 152 Å². The van der Waals surface area contributed by atoms with Gasteiger partial charge < -0.3 is 10.6 Å². The van der Waals surface area contributed by atoms with Gasteiger partial charge in [-0.1, -0.05) is 26.0 Å². The van der Waals surface area contributed by atoms with E-state index in [4.69, 9.17) is 0 Å². The van der Waals surface area contributed by atoms with Crippen molar-refractivity contribution in [1.29, 1.82) is 0 Å². The van der Waals surface area contributed by atoms with Crippen LogP contribution in [0.5, 0.6) is 0 Å². The number of sulfonamides is 1. The molecule has 1 amide bonds. The van der Waals surface area contributed by atoms with Crippen molar-refractivity contribution >= 4 is 15.9 Å². The first kappa shape index (κ1) is 21.6. The van der Waals surface area contributed by atoms with E-state index in [9.17, 15) is 13.2 Å². The molecule has 0 unspecified atom stereocenters. The Morgan fingerprint density at radius 2 is 1.60 bits per heavy atom. The Morgan fingerprint density at radius 3 is 2.04 bits per heavy atom. The van der Waals surface area contributed by atoms with E-state index >= 15 is 0 Å². The summed E-state index contributed by atoms with van der Waals surface area (Å²) >= 11 is 0. The van der Waals surface area contributed by atoms with Crippen LogP contribution in [0.15, 0.2) is 29.2 Å². The maximum Gasteiger partial charge on any atom is 0.278 e. The molecule has 0 aliphatic carbocycles. The summed E-state index contributed by atoms with van der Waals surface area (Å²) < 4.78 is 26.5. The Balaban J connectivity index is 2.84. The SMILES string of the molecule is CCN(CC)S(=O)(=O)c1ccc([C@H](C)[NH2+][C@H](C)C(=O)NC(C)C)cc1. The Bertz CT molecular complexity index is 653. The second-order valence-corrected chi connectivity index (χ2v) is 8.53. The third-order valence-corrected chi connectivity index (χ3v) is 6.24. The number of carbonyl (C=O) groups excluding carboxylic acids is 1. The largest absolute Gasteiger partial charge is 0.349 e. The number of nitrogens with one attached hydrogen (secondary N) is 1. The highest BCUT2D eigenvalue weighted by molar-refractivity contribution is 7.89. The van der Waals surface area contributed by atoms with Crippen LogP contribution in [0.3, 0.4) is 0 Å². The van der Waals surface area contributed by atoms with Crippen LogP contribution in [0.4, 0.5) is 0 Å². The van der Waals surface area contributed by atoms with Gasteiger partial charge in [-0.05, 0) is 39.8 Å². The number of nitrogens with two attached hydrogens (primary N) is 1. The van der Waals surface area contributed by atoms with Crippen molar-refractivity contribution in [2.24, 2.45) is 0 Å². The molecule has 1 aromatic rings. The predicted octanol–water partition coefficient (Wildman–Crippen LogP) is 1.25. The lowest BCUT2D eigenvalue weighted by Gasteiger charge is -2.20. The van der Waals surface area contributed by atoms with E-state index in [1.54, 1.807) is 12.1 Å². The number of benzene rings is 1. The van der Waals surface area contributed by atoms with Gasteiger partial charge in [-0.2, -0.15) is 4.31 Å². The summed E-state index contributed by atoms with van der Waals surface area (Å²) in [5.74, 6) is 0.00239.